The van der Waals surface area contributed by atoms with E-state index in [1.54, 1.807) is 7.05 Å². The Morgan fingerprint density at radius 1 is 1.25 bits per heavy atom. The van der Waals surface area contributed by atoms with Crippen LogP contribution in [0.1, 0.15) is 66.2 Å². The van der Waals surface area contributed by atoms with Crippen molar-refractivity contribution in [2.24, 2.45) is 16.8 Å². The number of nitrogens with zero attached hydrogens (tertiary/aromatic N) is 2. The minimum absolute atomic E-state index is 0.351. The summed E-state index contributed by atoms with van der Waals surface area (Å²) in [5.74, 6) is 1.11. The Hall–Kier alpha value is -1.12. The summed E-state index contributed by atoms with van der Waals surface area (Å²) in [5, 5.41) is 9.17. The van der Waals surface area contributed by atoms with E-state index in [1.807, 2.05) is 6.21 Å². The highest BCUT2D eigenvalue weighted by molar-refractivity contribution is 6.60. The maximum atomic E-state index is 9.17. The smallest absolute Gasteiger partial charge is 0.399 e. The van der Waals surface area contributed by atoms with Crippen molar-refractivity contribution in [2.75, 3.05) is 7.05 Å². The summed E-state index contributed by atoms with van der Waals surface area (Å²) < 4.78 is 12.3. The number of nitriles is 1. The Morgan fingerprint density at radius 2 is 1.83 bits per heavy atom. The zero-order chi connectivity index (χ0) is 17.8. The van der Waals surface area contributed by atoms with Crippen LogP contribution in [0.5, 0.6) is 0 Å². The summed E-state index contributed by atoms with van der Waals surface area (Å²) in [6, 6.07) is 2.37. The lowest BCUT2D eigenvalue weighted by molar-refractivity contribution is 0.00578. The van der Waals surface area contributed by atoms with Crippen molar-refractivity contribution in [3.05, 3.63) is 11.5 Å². The van der Waals surface area contributed by atoms with Gasteiger partial charge in [-0.1, -0.05) is 31.8 Å². The molecule has 0 amide bonds. The average Bonchev–Trinajstić information content (AvgIpc) is 3.09. The molecule has 5 heteroatoms. The Bertz CT molecular complexity index is 512. The molecule has 0 aromatic carbocycles. The molecule has 0 aromatic rings. The average molecular weight is 330 g/mol. The highest BCUT2D eigenvalue weighted by Gasteiger charge is 2.52. The summed E-state index contributed by atoms with van der Waals surface area (Å²) >= 11 is 0. The van der Waals surface area contributed by atoms with Gasteiger partial charge in [-0.05, 0) is 51.4 Å². The lowest BCUT2D eigenvalue weighted by atomic mass is 9.76. The van der Waals surface area contributed by atoms with Crippen LogP contribution >= 0.6 is 0 Å². The van der Waals surface area contributed by atoms with Gasteiger partial charge in [0, 0.05) is 19.7 Å². The Morgan fingerprint density at radius 3 is 2.33 bits per heavy atom. The van der Waals surface area contributed by atoms with Crippen LogP contribution in [0.15, 0.2) is 16.5 Å². The van der Waals surface area contributed by atoms with Crippen LogP contribution in [-0.2, 0) is 9.31 Å². The lowest BCUT2D eigenvalue weighted by Gasteiger charge is -2.32. The zero-order valence-electron chi connectivity index (χ0n) is 15.8. The standard InChI is InChI=1S/C19H31BN2O2/c1-18(2)19(3,4)24-20(23-18)17(14-22-5)11-10-16(12-13-21)15-8-6-7-9-15/h11,14-16H,6-10,12H2,1-5H3/b17-11+,22-14?/t16-/m1/s1. The largest absolute Gasteiger partial charge is 0.496 e. The van der Waals surface area contributed by atoms with E-state index < -0.39 is 0 Å². The lowest BCUT2D eigenvalue weighted by Crippen LogP contribution is -2.41. The number of allylic oxidation sites excluding steroid dienone is 2. The van der Waals surface area contributed by atoms with Crippen molar-refractivity contribution in [1.29, 1.82) is 5.26 Å². The predicted molar refractivity (Wildman–Crippen MR) is 98.9 cm³/mol. The van der Waals surface area contributed by atoms with Crippen molar-refractivity contribution < 1.29 is 9.31 Å². The molecule has 0 spiro atoms. The predicted octanol–water partition coefficient (Wildman–Crippen LogP) is 4.35. The van der Waals surface area contributed by atoms with Gasteiger partial charge in [-0.25, -0.2) is 0 Å². The van der Waals surface area contributed by atoms with Crippen molar-refractivity contribution in [1.82, 2.24) is 0 Å². The first-order valence-electron chi connectivity index (χ1n) is 9.15. The molecule has 0 radical (unpaired) electrons. The molecule has 0 bridgehead atoms. The maximum Gasteiger partial charge on any atom is 0.496 e. The third-order valence-corrected chi connectivity index (χ3v) is 5.88. The normalized spacial score (nSPS) is 25.3. The SMILES string of the molecule is CN=C/C(=C\C[C@H](CC#N)C1CCCC1)B1OC(C)(C)C(C)(C)O1. The first-order chi connectivity index (χ1) is 11.3. The second-order valence-electron chi connectivity index (χ2n) is 8.08. The minimum atomic E-state index is -0.384. The molecular weight excluding hydrogens is 299 g/mol. The molecule has 2 aliphatic rings. The van der Waals surface area contributed by atoms with Gasteiger partial charge in [0.05, 0.1) is 17.3 Å². The van der Waals surface area contributed by atoms with Crippen LogP contribution in [0.4, 0.5) is 0 Å². The van der Waals surface area contributed by atoms with E-state index in [0.717, 1.165) is 11.9 Å². The molecule has 0 aromatic heterocycles. The van der Waals surface area contributed by atoms with Crippen LogP contribution in [-0.4, -0.2) is 31.6 Å². The quantitative estimate of drug-likeness (QED) is 0.537. The van der Waals surface area contributed by atoms with Crippen LogP contribution in [0, 0.1) is 23.2 Å². The number of hydrogen-bond donors (Lipinski definition) is 0. The van der Waals surface area contributed by atoms with Crippen molar-refractivity contribution in [2.45, 2.75) is 77.4 Å². The molecule has 0 N–H and O–H groups in total. The molecule has 0 unspecified atom stereocenters. The molecule has 1 saturated carbocycles. The fourth-order valence-corrected chi connectivity index (χ4v) is 3.61. The molecule has 1 heterocycles. The van der Waals surface area contributed by atoms with Crippen LogP contribution in [0.25, 0.3) is 0 Å². The molecule has 1 atom stereocenters. The van der Waals surface area contributed by atoms with E-state index in [1.165, 1.54) is 25.7 Å². The molecular formula is C19H31BN2O2. The van der Waals surface area contributed by atoms with E-state index in [-0.39, 0.29) is 18.3 Å². The molecule has 2 fully saturated rings. The van der Waals surface area contributed by atoms with Gasteiger partial charge in [0.15, 0.2) is 0 Å². The molecule has 1 aliphatic carbocycles. The van der Waals surface area contributed by atoms with Gasteiger partial charge >= 0.3 is 7.12 Å². The van der Waals surface area contributed by atoms with Gasteiger partial charge in [0.1, 0.15) is 0 Å². The number of rotatable bonds is 6. The van der Waals surface area contributed by atoms with E-state index in [9.17, 15) is 0 Å². The fraction of sp³-hybridized carbons (Fsp3) is 0.789. The van der Waals surface area contributed by atoms with Gasteiger partial charge in [-0.2, -0.15) is 5.26 Å². The number of aliphatic imine (C=N–C) groups is 1. The third-order valence-electron chi connectivity index (χ3n) is 5.88. The third kappa shape index (κ3) is 4.29. The van der Waals surface area contributed by atoms with Gasteiger partial charge in [0.25, 0.3) is 0 Å². The van der Waals surface area contributed by atoms with Crippen LogP contribution in [0.3, 0.4) is 0 Å². The molecule has 1 aliphatic heterocycles. The van der Waals surface area contributed by atoms with Gasteiger partial charge in [-0.15, -0.1) is 0 Å². The van der Waals surface area contributed by atoms with Crippen molar-refractivity contribution in [3.63, 3.8) is 0 Å². The van der Waals surface area contributed by atoms with Gasteiger partial charge < -0.3 is 9.31 Å². The van der Waals surface area contributed by atoms with Crippen molar-refractivity contribution in [3.8, 4) is 6.07 Å². The van der Waals surface area contributed by atoms with Gasteiger partial charge in [-0.3, -0.25) is 4.99 Å². The minimum Gasteiger partial charge on any atom is -0.399 e. The number of hydrogen-bond acceptors (Lipinski definition) is 4. The Balaban J connectivity index is 2.12. The Kier molecular flexibility index (Phi) is 6.28. The van der Waals surface area contributed by atoms with Crippen molar-refractivity contribution >= 4 is 13.3 Å². The second kappa shape index (κ2) is 7.84. The summed E-state index contributed by atoms with van der Waals surface area (Å²) in [5.41, 5.74) is 0.267. The fourth-order valence-electron chi connectivity index (χ4n) is 3.61. The summed E-state index contributed by atoms with van der Waals surface area (Å²) in [6.07, 6.45) is 10.6. The van der Waals surface area contributed by atoms with Crippen LogP contribution < -0.4 is 0 Å². The highest BCUT2D eigenvalue weighted by Crippen LogP contribution is 2.39. The van der Waals surface area contributed by atoms with Crippen LogP contribution in [0.2, 0.25) is 0 Å². The first kappa shape index (κ1) is 19.2. The molecule has 132 valence electrons. The topological polar surface area (TPSA) is 54.6 Å². The van der Waals surface area contributed by atoms with E-state index in [4.69, 9.17) is 14.6 Å². The summed E-state index contributed by atoms with van der Waals surface area (Å²) in [7, 11) is 1.38. The summed E-state index contributed by atoms with van der Waals surface area (Å²) in [6.45, 7) is 8.24. The summed E-state index contributed by atoms with van der Waals surface area (Å²) in [4.78, 5) is 4.18. The molecule has 1 saturated heterocycles. The second-order valence-corrected chi connectivity index (χ2v) is 8.08. The monoisotopic (exact) mass is 330 g/mol. The molecule has 4 nitrogen and oxygen atoms in total. The van der Waals surface area contributed by atoms with E-state index in [0.29, 0.717) is 18.3 Å². The zero-order valence-corrected chi connectivity index (χ0v) is 15.8. The van der Waals surface area contributed by atoms with Gasteiger partial charge in [0.2, 0.25) is 0 Å². The maximum absolute atomic E-state index is 9.17. The molecule has 2 rings (SSSR count). The van der Waals surface area contributed by atoms with E-state index >= 15 is 0 Å². The first-order valence-corrected chi connectivity index (χ1v) is 9.15. The van der Waals surface area contributed by atoms with E-state index in [2.05, 4.69) is 44.8 Å². The molecule has 24 heavy (non-hydrogen) atoms. The highest BCUT2D eigenvalue weighted by atomic mass is 16.7. The Labute approximate surface area is 147 Å².